The first-order valence-corrected chi connectivity index (χ1v) is 6.76. The minimum Gasteiger partial charge on any atom is -0.447 e. The van der Waals surface area contributed by atoms with Gasteiger partial charge in [-0.15, -0.1) is 11.3 Å². The Hall–Kier alpha value is -1.07. The van der Waals surface area contributed by atoms with Crippen LogP contribution in [-0.2, 0) is 11.2 Å². The third-order valence-corrected chi connectivity index (χ3v) is 4.03. The van der Waals surface area contributed by atoms with E-state index >= 15 is 0 Å². The number of carbonyl (C=O) groups excluding carboxylic acids is 1. The van der Waals surface area contributed by atoms with E-state index in [1.54, 1.807) is 16.2 Å². The van der Waals surface area contributed by atoms with Gasteiger partial charge in [0.25, 0.3) is 0 Å². The van der Waals surface area contributed by atoms with Crippen molar-refractivity contribution in [1.82, 2.24) is 4.90 Å². The Morgan fingerprint density at radius 3 is 3.24 bits per heavy atom. The van der Waals surface area contributed by atoms with E-state index < -0.39 is 0 Å². The molecule has 17 heavy (non-hydrogen) atoms. The Balaban J connectivity index is 2.12. The van der Waals surface area contributed by atoms with Gasteiger partial charge < -0.3 is 14.7 Å². The highest BCUT2D eigenvalue weighted by Gasteiger charge is 2.31. The maximum absolute atomic E-state index is 11.9. The second-order valence-corrected chi connectivity index (χ2v) is 5.01. The molecule has 4 nitrogen and oxygen atoms in total. The van der Waals surface area contributed by atoms with E-state index in [-0.39, 0.29) is 25.3 Å². The van der Waals surface area contributed by atoms with Crippen LogP contribution in [0.4, 0.5) is 4.79 Å². The van der Waals surface area contributed by atoms with Crippen LogP contribution < -0.4 is 0 Å². The van der Waals surface area contributed by atoms with Crippen molar-refractivity contribution in [2.75, 3.05) is 19.8 Å². The molecule has 0 aromatic carbocycles. The Morgan fingerprint density at radius 1 is 1.71 bits per heavy atom. The fourth-order valence-electron chi connectivity index (χ4n) is 2.27. The quantitative estimate of drug-likeness (QED) is 0.900. The zero-order valence-electron chi connectivity index (χ0n) is 9.89. The molecular formula is C12H17NO3S. The summed E-state index contributed by atoms with van der Waals surface area (Å²) in [5, 5.41) is 10.7. The summed E-state index contributed by atoms with van der Waals surface area (Å²) in [5.74, 6) is 0. The van der Waals surface area contributed by atoms with Crippen LogP contribution in [0.15, 0.2) is 11.4 Å². The van der Waals surface area contributed by atoms with Gasteiger partial charge in [0.05, 0.1) is 12.6 Å². The molecule has 1 aromatic heterocycles. The highest BCUT2D eigenvalue weighted by Crippen LogP contribution is 2.35. The summed E-state index contributed by atoms with van der Waals surface area (Å²) in [7, 11) is 0. The number of nitrogens with zero attached hydrogens (tertiary/aromatic N) is 1. The molecule has 0 saturated carbocycles. The molecule has 1 amide bonds. The number of hydrogen-bond acceptors (Lipinski definition) is 4. The molecule has 1 atom stereocenters. The van der Waals surface area contributed by atoms with Crippen LogP contribution in [0.2, 0.25) is 0 Å². The van der Waals surface area contributed by atoms with Crippen molar-refractivity contribution < 1.29 is 14.6 Å². The fourth-order valence-corrected chi connectivity index (χ4v) is 3.20. The average molecular weight is 255 g/mol. The third kappa shape index (κ3) is 2.45. The van der Waals surface area contributed by atoms with E-state index in [0.717, 1.165) is 12.8 Å². The first-order chi connectivity index (χ1) is 8.27. The number of rotatable bonds is 3. The maximum atomic E-state index is 11.9. The molecule has 0 bridgehead atoms. The van der Waals surface area contributed by atoms with Crippen LogP contribution in [0.1, 0.15) is 29.8 Å². The SMILES string of the molecule is CCC1c2ccsc2CCN1C(=O)OCCO. The van der Waals surface area contributed by atoms with Crippen molar-refractivity contribution in [3.8, 4) is 0 Å². The summed E-state index contributed by atoms with van der Waals surface area (Å²) in [6.45, 7) is 2.72. The summed E-state index contributed by atoms with van der Waals surface area (Å²) in [5.41, 5.74) is 1.25. The molecule has 0 saturated heterocycles. The van der Waals surface area contributed by atoms with Gasteiger partial charge in [0, 0.05) is 11.4 Å². The molecule has 0 aliphatic carbocycles. The molecule has 5 heteroatoms. The fraction of sp³-hybridized carbons (Fsp3) is 0.583. The number of carbonyl (C=O) groups is 1. The molecule has 1 aliphatic rings. The van der Waals surface area contributed by atoms with Crippen molar-refractivity contribution in [3.63, 3.8) is 0 Å². The topological polar surface area (TPSA) is 49.8 Å². The van der Waals surface area contributed by atoms with Crippen LogP contribution in [-0.4, -0.2) is 35.9 Å². The van der Waals surface area contributed by atoms with E-state index in [4.69, 9.17) is 9.84 Å². The van der Waals surface area contributed by atoms with Crippen molar-refractivity contribution in [2.24, 2.45) is 0 Å². The van der Waals surface area contributed by atoms with Crippen LogP contribution in [0.5, 0.6) is 0 Å². The van der Waals surface area contributed by atoms with E-state index in [9.17, 15) is 4.79 Å². The van der Waals surface area contributed by atoms with E-state index in [1.807, 2.05) is 0 Å². The van der Waals surface area contributed by atoms with E-state index in [1.165, 1.54) is 10.4 Å². The summed E-state index contributed by atoms with van der Waals surface area (Å²) in [4.78, 5) is 15.0. The van der Waals surface area contributed by atoms with E-state index in [0.29, 0.717) is 6.54 Å². The van der Waals surface area contributed by atoms with Crippen LogP contribution in [0.3, 0.4) is 0 Å². The zero-order chi connectivity index (χ0) is 12.3. The molecule has 0 spiro atoms. The number of hydrogen-bond donors (Lipinski definition) is 1. The second-order valence-electron chi connectivity index (χ2n) is 4.00. The third-order valence-electron chi connectivity index (χ3n) is 3.03. The van der Waals surface area contributed by atoms with Gasteiger partial charge in [-0.1, -0.05) is 6.92 Å². The summed E-state index contributed by atoms with van der Waals surface area (Å²) in [6.07, 6.45) is 1.47. The number of fused-ring (bicyclic) bond motifs is 1. The minimum absolute atomic E-state index is 0.0717. The van der Waals surface area contributed by atoms with Gasteiger partial charge >= 0.3 is 6.09 Å². The zero-order valence-corrected chi connectivity index (χ0v) is 10.7. The highest BCUT2D eigenvalue weighted by atomic mass is 32.1. The Bertz CT molecular complexity index is 391. The van der Waals surface area contributed by atoms with Gasteiger partial charge in [-0.05, 0) is 29.9 Å². The van der Waals surface area contributed by atoms with Gasteiger partial charge in [0.2, 0.25) is 0 Å². The first kappa shape index (κ1) is 12.4. The smallest absolute Gasteiger partial charge is 0.410 e. The van der Waals surface area contributed by atoms with Crippen molar-refractivity contribution in [3.05, 3.63) is 21.9 Å². The van der Waals surface area contributed by atoms with Crippen LogP contribution in [0, 0.1) is 0 Å². The van der Waals surface area contributed by atoms with Gasteiger partial charge in [-0.25, -0.2) is 4.79 Å². The second kappa shape index (κ2) is 5.51. The molecule has 1 unspecified atom stereocenters. The molecule has 1 aromatic rings. The lowest BCUT2D eigenvalue weighted by Gasteiger charge is -2.34. The Morgan fingerprint density at radius 2 is 2.53 bits per heavy atom. The first-order valence-electron chi connectivity index (χ1n) is 5.88. The lowest BCUT2D eigenvalue weighted by molar-refractivity contribution is 0.0676. The predicted octanol–water partition coefficient (Wildman–Crippen LogP) is 2.19. The summed E-state index contributed by atoms with van der Waals surface area (Å²) in [6, 6.07) is 2.22. The minimum atomic E-state index is -0.317. The standard InChI is InChI=1S/C12H17NO3S/c1-2-10-9-4-8-17-11(9)3-5-13(10)12(15)16-7-6-14/h4,8,10,14H,2-3,5-7H2,1H3. The molecule has 2 rings (SSSR count). The molecule has 2 heterocycles. The van der Waals surface area contributed by atoms with Crippen molar-refractivity contribution in [1.29, 1.82) is 0 Å². The molecule has 1 N–H and O–H groups in total. The normalized spacial score (nSPS) is 18.9. The van der Waals surface area contributed by atoms with Gasteiger partial charge in [0.15, 0.2) is 0 Å². The number of ether oxygens (including phenoxy) is 1. The largest absolute Gasteiger partial charge is 0.447 e. The summed E-state index contributed by atoms with van der Waals surface area (Å²) < 4.78 is 4.99. The molecular weight excluding hydrogens is 238 g/mol. The lowest BCUT2D eigenvalue weighted by atomic mass is 9.98. The lowest BCUT2D eigenvalue weighted by Crippen LogP contribution is -2.40. The average Bonchev–Trinajstić information content (AvgIpc) is 2.82. The molecule has 1 aliphatic heterocycles. The van der Waals surface area contributed by atoms with Gasteiger partial charge in [-0.3, -0.25) is 0 Å². The number of aliphatic hydroxyl groups is 1. The highest BCUT2D eigenvalue weighted by molar-refractivity contribution is 7.10. The predicted molar refractivity (Wildman–Crippen MR) is 66.2 cm³/mol. The Labute approximate surface area is 105 Å². The summed E-state index contributed by atoms with van der Waals surface area (Å²) >= 11 is 1.76. The molecule has 0 radical (unpaired) electrons. The molecule has 0 fully saturated rings. The van der Waals surface area contributed by atoms with Gasteiger partial charge in [0.1, 0.15) is 6.61 Å². The monoisotopic (exact) mass is 255 g/mol. The van der Waals surface area contributed by atoms with Crippen molar-refractivity contribution in [2.45, 2.75) is 25.8 Å². The number of amides is 1. The van der Waals surface area contributed by atoms with E-state index in [2.05, 4.69) is 18.4 Å². The number of aliphatic hydroxyl groups excluding tert-OH is 1. The number of thiophene rings is 1. The van der Waals surface area contributed by atoms with Crippen LogP contribution in [0.25, 0.3) is 0 Å². The molecule has 94 valence electrons. The maximum Gasteiger partial charge on any atom is 0.410 e. The van der Waals surface area contributed by atoms with Gasteiger partial charge in [-0.2, -0.15) is 0 Å². The van der Waals surface area contributed by atoms with Crippen LogP contribution >= 0.6 is 11.3 Å². The van der Waals surface area contributed by atoms with Crippen molar-refractivity contribution >= 4 is 17.4 Å². The Kier molecular flexibility index (Phi) is 4.02.